The Morgan fingerprint density at radius 2 is 1.88 bits per heavy atom. The predicted octanol–water partition coefficient (Wildman–Crippen LogP) is 1.26. The summed E-state index contributed by atoms with van der Waals surface area (Å²) in [7, 11) is 1.63. The molecule has 2 aromatic carbocycles. The van der Waals surface area contributed by atoms with Crippen LogP contribution in [0.25, 0.3) is 6.08 Å². The molecule has 2 heterocycles. The number of nitrogens with one attached hydrogen (secondary N) is 1. The zero-order valence-electron chi connectivity index (χ0n) is 18.4. The van der Waals surface area contributed by atoms with Crippen molar-refractivity contribution in [3.05, 3.63) is 54.1 Å². The first kappa shape index (κ1) is 22.5. The van der Waals surface area contributed by atoms with Crippen molar-refractivity contribution < 1.29 is 28.9 Å². The molecular weight excluding hydrogens is 426 g/mol. The maximum atomic E-state index is 12.9. The maximum Gasteiger partial charge on any atom is 0.247 e. The summed E-state index contributed by atoms with van der Waals surface area (Å²) < 4.78 is 16.0. The van der Waals surface area contributed by atoms with Crippen LogP contribution in [0, 0.1) is 0 Å². The van der Waals surface area contributed by atoms with Crippen LogP contribution in [0.3, 0.4) is 0 Å². The van der Waals surface area contributed by atoms with E-state index < -0.39 is 18.6 Å². The van der Waals surface area contributed by atoms with E-state index in [0.717, 1.165) is 17.0 Å². The maximum absolute atomic E-state index is 12.9. The summed E-state index contributed by atoms with van der Waals surface area (Å²) in [6.07, 6.45) is 2.94. The van der Waals surface area contributed by atoms with Gasteiger partial charge in [0.2, 0.25) is 18.6 Å². The van der Waals surface area contributed by atoms with Crippen molar-refractivity contribution in [3.63, 3.8) is 0 Å². The molecule has 0 spiro atoms. The fourth-order valence-corrected chi connectivity index (χ4v) is 3.87. The molecule has 1 saturated heterocycles. The van der Waals surface area contributed by atoms with Gasteiger partial charge in [0.05, 0.1) is 19.4 Å². The Kier molecular flexibility index (Phi) is 6.99. The summed E-state index contributed by atoms with van der Waals surface area (Å²) in [6.45, 7) is 1.92. The Hall–Kier alpha value is -3.72. The van der Waals surface area contributed by atoms with Gasteiger partial charge in [-0.05, 0) is 35.9 Å². The highest BCUT2D eigenvalue weighted by atomic mass is 16.7. The summed E-state index contributed by atoms with van der Waals surface area (Å²) in [4.78, 5) is 29.1. The first-order chi connectivity index (χ1) is 16.1. The van der Waals surface area contributed by atoms with Gasteiger partial charge in [-0.1, -0.05) is 18.2 Å². The molecule has 33 heavy (non-hydrogen) atoms. The van der Waals surface area contributed by atoms with Crippen LogP contribution in [0.5, 0.6) is 17.2 Å². The van der Waals surface area contributed by atoms with Gasteiger partial charge in [0.25, 0.3) is 0 Å². The minimum Gasteiger partial charge on any atom is -0.495 e. The van der Waals surface area contributed by atoms with Crippen LogP contribution in [-0.2, 0) is 9.59 Å². The standard InChI is InChI=1S/C24H27N3O6/c1-31-20-5-3-2-4-19(20)26-10-12-27(13-11-26)24(30)18(15-28)25-23(29)9-7-17-6-8-21-22(14-17)33-16-32-21/h2-9,14,18,28H,10-13,15-16H2,1H3,(H,25,29)/t18-/m0/s1. The molecule has 1 atom stereocenters. The molecule has 0 saturated carbocycles. The lowest BCUT2D eigenvalue weighted by Crippen LogP contribution is -2.56. The molecule has 174 valence electrons. The zero-order chi connectivity index (χ0) is 23.2. The van der Waals surface area contributed by atoms with Gasteiger partial charge >= 0.3 is 0 Å². The highest BCUT2D eigenvalue weighted by Gasteiger charge is 2.28. The summed E-state index contributed by atoms with van der Waals surface area (Å²) in [6, 6.07) is 12.1. The van der Waals surface area contributed by atoms with E-state index in [0.29, 0.717) is 37.7 Å². The van der Waals surface area contributed by atoms with Crippen LogP contribution in [0.15, 0.2) is 48.5 Å². The number of para-hydroxylation sites is 2. The lowest BCUT2D eigenvalue weighted by molar-refractivity contribution is -0.137. The van der Waals surface area contributed by atoms with Gasteiger partial charge in [-0.15, -0.1) is 0 Å². The fourth-order valence-electron chi connectivity index (χ4n) is 3.87. The third-order valence-corrected chi connectivity index (χ3v) is 5.64. The summed E-state index contributed by atoms with van der Waals surface area (Å²) in [5.74, 6) is 1.29. The molecule has 4 rings (SSSR count). The van der Waals surface area contributed by atoms with E-state index in [1.54, 1.807) is 36.3 Å². The number of fused-ring (bicyclic) bond motifs is 1. The normalized spacial score (nSPS) is 16.1. The highest BCUT2D eigenvalue weighted by Crippen LogP contribution is 2.32. The minimum atomic E-state index is -1.00. The molecule has 2 amide bonds. The fraction of sp³-hybridized carbons (Fsp3) is 0.333. The SMILES string of the molecule is COc1ccccc1N1CCN(C(=O)[C@H](CO)NC(=O)C=Cc2ccc3c(c2)OCO3)CC1. The number of rotatable bonds is 7. The van der Waals surface area contributed by atoms with Crippen molar-refractivity contribution in [3.8, 4) is 17.2 Å². The number of piperazine rings is 1. The lowest BCUT2D eigenvalue weighted by atomic mass is 10.1. The number of carbonyl (C=O) groups excluding carboxylic acids is 2. The van der Waals surface area contributed by atoms with Gasteiger partial charge < -0.3 is 34.4 Å². The van der Waals surface area contributed by atoms with Gasteiger partial charge in [0.15, 0.2) is 11.5 Å². The van der Waals surface area contributed by atoms with Gasteiger partial charge in [-0.25, -0.2) is 0 Å². The number of aliphatic hydroxyl groups is 1. The topological polar surface area (TPSA) is 101 Å². The zero-order valence-corrected chi connectivity index (χ0v) is 18.4. The number of ether oxygens (including phenoxy) is 3. The number of nitrogens with zero attached hydrogens (tertiary/aromatic N) is 2. The van der Waals surface area contributed by atoms with Crippen LogP contribution in [-0.4, -0.2) is 74.6 Å². The van der Waals surface area contributed by atoms with E-state index in [-0.39, 0.29) is 12.7 Å². The van der Waals surface area contributed by atoms with E-state index in [9.17, 15) is 14.7 Å². The molecule has 0 radical (unpaired) electrons. The van der Waals surface area contributed by atoms with Crippen molar-refractivity contribution in [2.75, 3.05) is 51.6 Å². The van der Waals surface area contributed by atoms with Crippen molar-refractivity contribution in [1.29, 1.82) is 0 Å². The monoisotopic (exact) mass is 453 g/mol. The van der Waals surface area contributed by atoms with E-state index in [1.807, 2.05) is 24.3 Å². The Bertz CT molecular complexity index is 1030. The van der Waals surface area contributed by atoms with E-state index in [1.165, 1.54) is 6.08 Å². The quantitative estimate of drug-likeness (QED) is 0.609. The summed E-state index contributed by atoms with van der Waals surface area (Å²) in [5.41, 5.74) is 1.74. The number of hydrogen-bond donors (Lipinski definition) is 2. The summed E-state index contributed by atoms with van der Waals surface area (Å²) in [5, 5.41) is 12.3. The highest BCUT2D eigenvalue weighted by molar-refractivity contribution is 5.95. The minimum absolute atomic E-state index is 0.177. The number of aliphatic hydroxyl groups excluding tert-OH is 1. The number of benzene rings is 2. The van der Waals surface area contributed by atoms with E-state index in [4.69, 9.17) is 14.2 Å². The van der Waals surface area contributed by atoms with Crippen molar-refractivity contribution in [2.24, 2.45) is 0 Å². The number of carbonyl (C=O) groups is 2. The van der Waals surface area contributed by atoms with Crippen LogP contribution in [0.4, 0.5) is 5.69 Å². The predicted molar refractivity (Wildman–Crippen MR) is 122 cm³/mol. The third-order valence-electron chi connectivity index (χ3n) is 5.64. The number of methoxy groups -OCH3 is 1. The molecule has 2 N–H and O–H groups in total. The van der Waals surface area contributed by atoms with Gasteiger partial charge in [0.1, 0.15) is 11.8 Å². The largest absolute Gasteiger partial charge is 0.495 e. The van der Waals surface area contributed by atoms with Crippen LogP contribution in [0.2, 0.25) is 0 Å². The molecule has 0 aliphatic carbocycles. The molecule has 0 unspecified atom stereocenters. The number of anilines is 1. The molecule has 2 aromatic rings. The van der Waals surface area contributed by atoms with E-state index in [2.05, 4.69) is 10.2 Å². The number of amides is 2. The summed E-state index contributed by atoms with van der Waals surface area (Å²) >= 11 is 0. The second-order valence-electron chi connectivity index (χ2n) is 7.67. The molecule has 2 aliphatic heterocycles. The molecular formula is C24H27N3O6. The van der Waals surface area contributed by atoms with Crippen LogP contribution >= 0.6 is 0 Å². The smallest absolute Gasteiger partial charge is 0.247 e. The Balaban J connectivity index is 1.31. The van der Waals surface area contributed by atoms with Crippen LogP contribution in [0.1, 0.15) is 5.56 Å². The first-order valence-corrected chi connectivity index (χ1v) is 10.7. The molecule has 0 aromatic heterocycles. The molecule has 0 bridgehead atoms. The van der Waals surface area contributed by atoms with Gasteiger partial charge in [-0.2, -0.15) is 0 Å². The molecule has 1 fully saturated rings. The Morgan fingerprint density at radius 3 is 2.64 bits per heavy atom. The second-order valence-corrected chi connectivity index (χ2v) is 7.67. The van der Waals surface area contributed by atoms with Gasteiger partial charge in [-0.3, -0.25) is 9.59 Å². The molecule has 9 heteroatoms. The second kappa shape index (κ2) is 10.3. The number of hydrogen-bond acceptors (Lipinski definition) is 7. The van der Waals surface area contributed by atoms with E-state index >= 15 is 0 Å². The third kappa shape index (κ3) is 5.20. The van der Waals surface area contributed by atoms with Crippen molar-refractivity contribution >= 4 is 23.6 Å². The average Bonchev–Trinajstić information content (AvgIpc) is 3.33. The molecule has 9 nitrogen and oxygen atoms in total. The lowest BCUT2D eigenvalue weighted by Gasteiger charge is -2.37. The Labute approximate surface area is 192 Å². The molecule has 2 aliphatic rings. The van der Waals surface area contributed by atoms with Gasteiger partial charge in [0, 0.05) is 32.3 Å². The Morgan fingerprint density at radius 1 is 1.12 bits per heavy atom. The first-order valence-electron chi connectivity index (χ1n) is 10.7. The average molecular weight is 453 g/mol. The van der Waals surface area contributed by atoms with Crippen molar-refractivity contribution in [1.82, 2.24) is 10.2 Å². The van der Waals surface area contributed by atoms with Crippen LogP contribution < -0.4 is 24.4 Å². The van der Waals surface area contributed by atoms with Crippen molar-refractivity contribution in [2.45, 2.75) is 6.04 Å².